The zero-order chi connectivity index (χ0) is 32.7. The van der Waals surface area contributed by atoms with Crippen molar-refractivity contribution in [3.05, 3.63) is 102 Å². The Bertz CT molecular complexity index is 1740. The summed E-state index contributed by atoms with van der Waals surface area (Å²) in [7, 11) is 0. The van der Waals surface area contributed by atoms with Gasteiger partial charge in [-0.1, -0.05) is 0 Å². The molecule has 1 amide bonds. The van der Waals surface area contributed by atoms with Crippen LogP contribution in [0.25, 0.3) is 0 Å². The number of hydrogen-bond acceptors (Lipinski definition) is 9. The van der Waals surface area contributed by atoms with Gasteiger partial charge in [0.05, 0.1) is 24.5 Å². The van der Waals surface area contributed by atoms with Crippen LogP contribution in [-0.2, 0) is 9.53 Å². The highest BCUT2D eigenvalue weighted by atomic mass is 19.4. The number of rotatable bonds is 9. The molecule has 0 unspecified atom stereocenters. The second-order valence-corrected chi connectivity index (χ2v) is 9.71. The number of nitrogens with one attached hydrogen (secondary N) is 2. The Morgan fingerprint density at radius 2 is 1.67 bits per heavy atom. The van der Waals surface area contributed by atoms with E-state index in [2.05, 4.69) is 30.5 Å². The van der Waals surface area contributed by atoms with E-state index in [4.69, 9.17) is 15.2 Å². The lowest BCUT2D eigenvalue weighted by Gasteiger charge is -2.28. The summed E-state index contributed by atoms with van der Waals surface area (Å²) in [5.74, 6) is -3.03. The largest absolute Gasteiger partial charge is 0.436 e. The number of carbonyl (C=O) groups excluding carboxylic acids is 1. The first-order valence-electron chi connectivity index (χ1n) is 13.7. The average molecular weight is 640 g/mol. The molecular weight excluding hydrogens is 613 g/mol. The third-order valence-corrected chi connectivity index (χ3v) is 6.54. The van der Waals surface area contributed by atoms with Crippen LogP contribution in [0.5, 0.6) is 11.6 Å². The van der Waals surface area contributed by atoms with Crippen molar-refractivity contribution in [1.82, 2.24) is 9.97 Å². The Morgan fingerprint density at radius 3 is 2.33 bits per heavy atom. The van der Waals surface area contributed by atoms with Crippen molar-refractivity contribution in [3.8, 4) is 11.6 Å². The third-order valence-electron chi connectivity index (χ3n) is 6.54. The van der Waals surface area contributed by atoms with Gasteiger partial charge in [0.2, 0.25) is 11.8 Å². The van der Waals surface area contributed by atoms with Crippen molar-refractivity contribution in [2.45, 2.75) is 6.18 Å². The van der Waals surface area contributed by atoms with Gasteiger partial charge in [-0.05, 0) is 60.7 Å². The number of halogens is 5. The van der Waals surface area contributed by atoms with Crippen LogP contribution >= 0.6 is 0 Å². The zero-order valence-corrected chi connectivity index (χ0v) is 23.9. The zero-order valence-electron chi connectivity index (χ0n) is 23.9. The number of hydrogen-bond donors (Lipinski definition) is 3. The maximum atomic E-state index is 15.0. The van der Waals surface area contributed by atoms with Gasteiger partial charge < -0.3 is 30.7 Å². The highest BCUT2D eigenvalue weighted by Crippen LogP contribution is 2.29. The van der Waals surface area contributed by atoms with E-state index in [1.165, 1.54) is 18.3 Å². The molecule has 46 heavy (non-hydrogen) atoms. The molecule has 0 radical (unpaired) electrons. The lowest BCUT2D eigenvalue weighted by atomic mass is 10.1. The molecule has 1 aliphatic rings. The normalized spacial score (nSPS) is 14.2. The fraction of sp³-hybridized carbons (Fsp3) is 0.161. The predicted octanol–water partition coefficient (Wildman–Crippen LogP) is 6.24. The van der Waals surface area contributed by atoms with Crippen LogP contribution in [0.3, 0.4) is 0 Å². The van der Waals surface area contributed by atoms with Crippen molar-refractivity contribution in [2.75, 3.05) is 41.8 Å². The second kappa shape index (κ2) is 14.0. The van der Waals surface area contributed by atoms with Gasteiger partial charge in [0.25, 0.3) is 5.91 Å². The number of benzene rings is 3. The molecule has 238 valence electrons. The highest BCUT2D eigenvalue weighted by molar-refractivity contribution is 6.27. The SMILES string of the molecule is N/C=C(/C(=O)Nc1ccc(Oc2ccnc(Nc3ccc(N4CCOCC4)cc3)n2)c(F)c1)C(=Nc1ccc(F)cc1)C(F)(F)F. The fourth-order valence-corrected chi connectivity index (χ4v) is 4.32. The number of aromatic nitrogens is 2. The van der Waals surface area contributed by atoms with Crippen molar-refractivity contribution in [3.63, 3.8) is 0 Å². The van der Waals surface area contributed by atoms with Crippen LogP contribution in [0.15, 0.2) is 95.8 Å². The van der Waals surface area contributed by atoms with Crippen LogP contribution < -0.4 is 26.0 Å². The number of nitrogens with zero attached hydrogens (tertiary/aromatic N) is 4. The Kier molecular flexibility index (Phi) is 9.71. The first-order valence-corrected chi connectivity index (χ1v) is 13.7. The first kappa shape index (κ1) is 31.8. The summed E-state index contributed by atoms with van der Waals surface area (Å²) < 4.78 is 80.5. The molecule has 1 saturated heterocycles. The Labute approximate surface area is 259 Å². The van der Waals surface area contributed by atoms with Crippen molar-refractivity contribution in [1.29, 1.82) is 0 Å². The number of carbonyl (C=O) groups is 1. The Morgan fingerprint density at radius 1 is 0.978 bits per heavy atom. The summed E-state index contributed by atoms with van der Waals surface area (Å²) in [5, 5.41) is 5.22. The quantitative estimate of drug-likeness (QED) is 0.112. The van der Waals surface area contributed by atoms with Gasteiger partial charge in [0.1, 0.15) is 5.82 Å². The van der Waals surface area contributed by atoms with Crippen LogP contribution in [-0.4, -0.2) is 54.1 Å². The van der Waals surface area contributed by atoms with Crippen molar-refractivity contribution < 1.29 is 36.2 Å². The minimum Gasteiger partial charge on any atom is -0.436 e. The van der Waals surface area contributed by atoms with E-state index in [0.717, 1.165) is 55.2 Å². The van der Waals surface area contributed by atoms with Gasteiger partial charge in [-0.25, -0.2) is 18.8 Å². The number of aliphatic imine (C=N–C) groups is 1. The lowest BCUT2D eigenvalue weighted by Crippen LogP contribution is -2.36. The molecule has 1 aromatic heterocycles. The van der Waals surface area contributed by atoms with E-state index >= 15 is 0 Å². The smallest absolute Gasteiger partial charge is 0.434 e. The van der Waals surface area contributed by atoms with E-state index in [9.17, 15) is 26.7 Å². The number of ether oxygens (including phenoxy) is 2. The van der Waals surface area contributed by atoms with Crippen LogP contribution in [0, 0.1) is 11.6 Å². The molecule has 4 aromatic rings. The molecule has 5 rings (SSSR count). The summed E-state index contributed by atoms with van der Waals surface area (Å²) in [4.78, 5) is 26.8. The van der Waals surface area contributed by atoms with Gasteiger partial charge in [-0.3, -0.25) is 4.79 Å². The summed E-state index contributed by atoms with van der Waals surface area (Å²) >= 11 is 0. The summed E-state index contributed by atoms with van der Waals surface area (Å²) in [6.45, 7) is 2.95. The van der Waals surface area contributed by atoms with Crippen molar-refractivity contribution in [2.24, 2.45) is 10.7 Å². The summed E-state index contributed by atoms with van der Waals surface area (Å²) in [6.07, 6.45) is -3.26. The Hall–Kier alpha value is -5.57. The fourth-order valence-electron chi connectivity index (χ4n) is 4.32. The van der Waals surface area contributed by atoms with Crippen LogP contribution in [0.4, 0.5) is 50.6 Å². The molecule has 1 fully saturated rings. The summed E-state index contributed by atoms with van der Waals surface area (Å²) in [5.41, 5.74) is 4.01. The van der Waals surface area contributed by atoms with Crippen molar-refractivity contribution >= 4 is 40.3 Å². The minimum absolute atomic E-state index is 0.00158. The third kappa shape index (κ3) is 8.12. The number of morpholine rings is 1. The molecule has 0 aliphatic carbocycles. The van der Waals surface area contributed by atoms with E-state index in [1.54, 1.807) is 0 Å². The monoisotopic (exact) mass is 639 g/mol. The molecule has 0 atom stereocenters. The maximum Gasteiger partial charge on any atom is 0.434 e. The van der Waals surface area contributed by atoms with E-state index in [-0.39, 0.29) is 29.0 Å². The number of nitrogens with two attached hydrogens (primary N) is 1. The molecule has 0 spiro atoms. The highest BCUT2D eigenvalue weighted by Gasteiger charge is 2.40. The molecule has 15 heteroatoms. The van der Waals surface area contributed by atoms with Gasteiger partial charge in [0, 0.05) is 54.7 Å². The average Bonchev–Trinajstić information content (AvgIpc) is 3.04. The summed E-state index contributed by atoms with van der Waals surface area (Å²) in [6, 6.07) is 16.1. The van der Waals surface area contributed by atoms with Gasteiger partial charge in [-0.15, -0.1) is 0 Å². The molecule has 10 nitrogen and oxygen atoms in total. The molecular formula is C31H26F5N7O3. The predicted molar refractivity (Wildman–Crippen MR) is 162 cm³/mol. The lowest BCUT2D eigenvalue weighted by molar-refractivity contribution is -0.113. The number of anilines is 4. The van der Waals surface area contributed by atoms with E-state index in [0.29, 0.717) is 25.1 Å². The van der Waals surface area contributed by atoms with E-state index < -0.39 is 35.0 Å². The minimum atomic E-state index is -5.10. The second-order valence-electron chi connectivity index (χ2n) is 9.71. The van der Waals surface area contributed by atoms with E-state index in [1.807, 2.05) is 24.3 Å². The van der Waals surface area contributed by atoms with Gasteiger partial charge >= 0.3 is 6.18 Å². The number of amides is 1. The molecule has 2 heterocycles. The molecule has 0 bridgehead atoms. The number of alkyl halides is 3. The van der Waals surface area contributed by atoms with Crippen LogP contribution in [0.1, 0.15) is 0 Å². The first-order chi connectivity index (χ1) is 22.1. The Balaban J connectivity index is 1.25. The van der Waals surface area contributed by atoms with Crippen LogP contribution in [0.2, 0.25) is 0 Å². The topological polar surface area (TPSA) is 127 Å². The van der Waals surface area contributed by atoms with Gasteiger partial charge in [-0.2, -0.15) is 18.2 Å². The molecule has 3 aromatic carbocycles. The standard InChI is InChI=1S/C31H26F5N7O3/c32-19-1-3-20(4-2-19)39-28(31(34,35)36)24(18-37)29(44)40-22-7-10-26(25(33)17-22)46-27-11-12-38-30(42-27)41-21-5-8-23(9-6-21)43-13-15-45-16-14-43/h1-12,17-18H,13-16,37H2,(H,40,44)(H,38,41,42)/b24-18+,39-28?. The van der Waals surface area contributed by atoms with Gasteiger partial charge in [0.15, 0.2) is 17.3 Å². The molecule has 1 aliphatic heterocycles. The molecule has 0 saturated carbocycles. The maximum absolute atomic E-state index is 15.0. The molecule has 4 N–H and O–H groups in total.